The van der Waals surface area contributed by atoms with Crippen LogP contribution in [0.15, 0.2) is 48.5 Å². The van der Waals surface area contributed by atoms with Crippen molar-refractivity contribution in [1.82, 2.24) is 4.90 Å². The maximum atomic E-state index is 13.3. The predicted octanol–water partition coefficient (Wildman–Crippen LogP) is 6.83. The average Bonchev–Trinajstić information content (AvgIpc) is 3.26. The van der Waals surface area contributed by atoms with Crippen LogP contribution in [0.1, 0.15) is 63.1 Å². The molecule has 0 bridgehead atoms. The van der Waals surface area contributed by atoms with Gasteiger partial charge in [-0.3, -0.25) is 4.90 Å². The van der Waals surface area contributed by atoms with Gasteiger partial charge in [0.2, 0.25) is 0 Å². The number of carbonyl (C=O) groups excluding carboxylic acids is 1. The smallest absolute Gasteiger partial charge is 0.444 e. The maximum absolute atomic E-state index is 13.3. The van der Waals surface area contributed by atoms with Crippen molar-refractivity contribution in [3.8, 4) is 11.5 Å². The molecule has 2 aromatic carbocycles. The molecule has 0 unspecified atom stereocenters. The Bertz CT molecular complexity index is 1390. The molecule has 2 aliphatic rings. The predicted molar refractivity (Wildman–Crippen MR) is 136 cm³/mol. The van der Waals surface area contributed by atoms with E-state index in [2.05, 4.69) is 8.92 Å². The van der Waals surface area contributed by atoms with Crippen LogP contribution < -0.4 is 8.92 Å². The minimum atomic E-state index is -6.15. The number of benzene rings is 2. The number of amides is 1. The molecule has 1 amide bonds. The fourth-order valence-electron chi connectivity index (χ4n) is 5.38. The molecule has 2 heterocycles. The quantitative estimate of drug-likeness (QED) is 0.204. The third-order valence-electron chi connectivity index (χ3n) is 6.85. The molecule has 0 aromatic heterocycles. The zero-order valence-corrected chi connectivity index (χ0v) is 23.6. The molecule has 1 spiro atoms. The molecule has 2 fully saturated rings. The van der Waals surface area contributed by atoms with Gasteiger partial charge in [-0.15, -0.1) is 13.2 Å². The van der Waals surface area contributed by atoms with Crippen LogP contribution in [-0.2, 0) is 19.6 Å². The molecule has 0 N–H and O–H groups in total. The van der Waals surface area contributed by atoms with Crippen molar-refractivity contribution in [2.45, 2.75) is 75.1 Å². The highest BCUT2D eigenvalue weighted by Crippen LogP contribution is 2.53. The number of halogens is 6. The molecule has 2 saturated heterocycles. The summed E-state index contributed by atoms with van der Waals surface area (Å²) in [6, 6.07) is 10.2. The Balaban J connectivity index is 1.76. The lowest BCUT2D eigenvalue weighted by Gasteiger charge is -2.47. The van der Waals surface area contributed by atoms with Crippen molar-refractivity contribution in [3.05, 3.63) is 59.7 Å². The highest BCUT2D eigenvalue weighted by atomic mass is 32.2. The number of likely N-dealkylation sites (tertiary alicyclic amines) is 1. The fraction of sp³-hybridized carbons (Fsp3) is 0.519. The van der Waals surface area contributed by atoms with E-state index in [0.29, 0.717) is 37.1 Å². The number of carbonyl (C=O) groups is 1. The van der Waals surface area contributed by atoms with Gasteiger partial charge in [0.25, 0.3) is 0 Å². The second-order valence-corrected chi connectivity index (χ2v) is 12.6. The molecule has 15 heteroatoms. The van der Waals surface area contributed by atoms with E-state index in [1.54, 1.807) is 51.1 Å². The van der Waals surface area contributed by atoms with E-state index < -0.39 is 62.7 Å². The molecular formula is C27H29F6NO7S. The van der Waals surface area contributed by atoms with E-state index in [1.807, 2.05) is 0 Å². The monoisotopic (exact) mass is 625 g/mol. The van der Waals surface area contributed by atoms with E-state index in [0.717, 1.165) is 6.07 Å². The summed E-state index contributed by atoms with van der Waals surface area (Å²) in [5.41, 5.74) is -7.36. The molecule has 42 heavy (non-hydrogen) atoms. The van der Waals surface area contributed by atoms with E-state index in [9.17, 15) is 39.6 Å². The van der Waals surface area contributed by atoms with Gasteiger partial charge in [-0.25, -0.2) is 4.79 Å². The lowest BCUT2D eigenvalue weighted by atomic mass is 9.76. The first-order valence-electron chi connectivity index (χ1n) is 12.9. The van der Waals surface area contributed by atoms with Crippen molar-refractivity contribution in [2.24, 2.45) is 0 Å². The summed E-state index contributed by atoms with van der Waals surface area (Å²) < 4.78 is 122. The number of alkyl halides is 6. The van der Waals surface area contributed by atoms with Crippen LogP contribution in [0.3, 0.4) is 0 Å². The van der Waals surface area contributed by atoms with Gasteiger partial charge >= 0.3 is 28.1 Å². The second-order valence-electron chi connectivity index (χ2n) is 11.1. The Morgan fingerprint density at radius 2 is 1.69 bits per heavy atom. The second kappa shape index (κ2) is 11.1. The summed E-state index contributed by atoms with van der Waals surface area (Å²) in [6.45, 7) is 5.20. The highest BCUT2D eigenvalue weighted by Gasteiger charge is 2.54. The Labute approximate surface area is 238 Å². The zero-order valence-electron chi connectivity index (χ0n) is 22.8. The van der Waals surface area contributed by atoms with Gasteiger partial charge in [-0.1, -0.05) is 30.3 Å². The molecule has 3 atom stereocenters. The van der Waals surface area contributed by atoms with Gasteiger partial charge in [-0.2, -0.15) is 21.6 Å². The normalized spacial score (nSPS) is 23.6. The first-order chi connectivity index (χ1) is 19.3. The molecule has 2 aliphatic heterocycles. The number of piperidine rings is 1. The molecule has 0 aliphatic carbocycles. The van der Waals surface area contributed by atoms with Crippen LogP contribution in [0.4, 0.5) is 31.1 Å². The number of nitrogens with zero attached hydrogens (tertiary/aromatic N) is 1. The number of hydrogen-bond donors (Lipinski definition) is 0. The first-order valence-corrected chi connectivity index (χ1v) is 14.3. The summed E-state index contributed by atoms with van der Waals surface area (Å²) in [7, 11) is -6.15. The first kappa shape index (κ1) is 31.7. The molecule has 2 aromatic rings. The summed E-state index contributed by atoms with van der Waals surface area (Å²) in [6.07, 6.45) is -4.90. The number of rotatable bonds is 5. The van der Waals surface area contributed by atoms with Gasteiger partial charge in [0, 0.05) is 18.0 Å². The topological polar surface area (TPSA) is 91.4 Å². The molecular weight excluding hydrogens is 596 g/mol. The van der Waals surface area contributed by atoms with Crippen molar-refractivity contribution >= 4 is 16.2 Å². The van der Waals surface area contributed by atoms with E-state index in [-0.39, 0.29) is 18.6 Å². The van der Waals surface area contributed by atoms with Crippen molar-refractivity contribution in [1.29, 1.82) is 0 Å². The third kappa shape index (κ3) is 7.05. The Kier molecular flexibility index (Phi) is 8.41. The summed E-state index contributed by atoms with van der Waals surface area (Å²) >= 11 is 0. The minimum Gasteiger partial charge on any atom is -0.444 e. The maximum Gasteiger partial charge on any atom is 0.573 e. The summed E-state index contributed by atoms with van der Waals surface area (Å²) in [4.78, 5) is 14.8. The third-order valence-corrected chi connectivity index (χ3v) is 7.82. The molecule has 0 radical (unpaired) electrons. The zero-order chi connectivity index (χ0) is 31.1. The Morgan fingerprint density at radius 3 is 2.29 bits per heavy atom. The average molecular weight is 626 g/mol. The van der Waals surface area contributed by atoms with Gasteiger partial charge in [0.05, 0.1) is 18.2 Å². The van der Waals surface area contributed by atoms with Crippen LogP contribution >= 0.6 is 0 Å². The van der Waals surface area contributed by atoms with E-state index in [1.165, 1.54) is 4.90 Å². The largest absolute Gasteiger partial charge is 0.573 e. The number of ether oxygens (including phenoxy) is 3. The van der Waals surface area contributed by atoms with Crippen LogP contribution in [0, 0.1) is 0 Å². The molecule has 0 saturated carbocycles. The van der Waals surface area contributed by atoms with Gasteiger partial charge in [0.1, 0.15) is 17.1 Å². The highest BCUT2D eigenvalue weighted by molar-refractivity contribution is 7.88. The van der Waals surface area contributed by atoms with Crippen LogP contribution in [-0.4, -0.2) is 55.6 Å². The van der Waals surface area contributed by atoms with Crippen LogP contribution in [0.2, 0.25) is 0 Å². The lowest BCUT2D eigenvalue weighted by molar-refractivity contribution is -0.274. The van der Waals surface area contributed by atoms with Crippen molar-refractivity contribution in [2.75, 3.05) is 13.2 Å². The van der Waals surface area contributed by atoms with Gasteiger partial charge < -0.3 is 18.4 Å². The van der Waals surface area contributed by atoms with Crippen LogP contribution in [0.5, 0.6) is 11.5 Å². The fourth-order valence-corrected chi connectivity index (χ4v) is 5.87. The van der Waals surface area contributed by atoms with Gasteiger partial charge in [-0.05, 0) is 63.8 Å². The van der Waals surface area contributed by atoms with E-state index in [4.69, 9.17) is 9.47 Å². The van der Waals surface area contributed by atoms with Crippen molar-refractivity contribution < 1.29 is 57.9 Å². The molecule has 4 rings (SSSR count). The Hall–Kier alpha value is -3.20. The Morgan fingerprint density at radius 1 is 1.02 bits per heavy atom. The summed E-state index contributed by atoms with van der Waals surface area (Å²) in [5, 5.41) is 0. The number of hydrogen-bond acceptors (Lipinski definition) is 7. The minimum absolute atomic E-state index is 0.00373. The van der Waals surface area contributed by atoms with Crippen LogP contribution in [0.25, 0.3) is 0 Å². The summed E-state index contributed by atoms with van der Waals surface area (Å²) in [5.74, 6) is -2.53. The van der Waals surface area contributed by atoms with E-state index >= 15 is 0 Å². The molecule has 8 nitrogen and oxygen atoms in total. The lowest BCUT2D eigenvalue weighted by Crippen LogP contribution is -2.53. The van der Waals surface area contributed by atoms with Crippen molar-refractivity contribution in [3.63, 3.8) is 0 Å². The SMILES string of the molecule is CC(C)(C)OC(=O)N1CCC[C@@]2(C[C@H](c3cc(OC(F)(F)F)ccc3OS(=O)(=O)C(F)(F)F)CO2)[C@@H]1c1ccccc1. The standard InChI is InChI=1S/C27H29F6NO7S/c1-24(2,3)40-23(35)34-13-7-12-25(22(34)17-8-5-4-6-9-17)15-18(16-38-25)20-14-19(39-26(28,29)30)10-11-21(20)41-42(36,37)27(31,32)33/h4-6,8-11,14,18,22H,7,12-13,15-16H2,1-3H3/t18-,22-,25+/m0/s1. The van der Waals surface area contributed by atoms with Gasteiger partial charge in [0.15, 0.2) is 0 Å². The molecule has 232 valence electrons.